The maximum atomic E-state index is 9.03. The van der Waals surface area contributed by atoms with Crippen molar-refractivity contribution in [3.05, 3.63) is 283 Å². The summed E-state index contributed by atoms with van der Waals surface area (Å²) < 4.78 is 0. The highest BCUT2D eigenvalue weighted by atomic mass is 14.2. The van der Waals surface area contributed by atoms with Crippen LogP contribution in [0.1, 0.15) is 89.0 Å². The lowest BCUT2D eigenvalue weighted by Crippen LogP contribution is -1.90. The lowest BCUT2D eigenvalue weighted by molar-refractivity contribution is 1.42. The molecule has 2 heteroatoms. The summed E-state index contributed by atoms with van der Waals surface area (Å²) in [6, 6.07) is 72.1. The van der Waals surface area contributed by atoms with Crippen molar-refractivity contribution in [3.63, 3.8) is 0 Å². The minimum absolute atomic E-state index is 0.659. The van der Waals surface area contributed by atoms with Gasteiger partial charge in [-0.05, 0) is 167 Å². The fourth-order valence-electron chi connectivity index (χ4n) is 8.58. The Hall–Kier alpha value is -9.08. The molecule has 0 heterocycles. The van der Waals surface area contributed by atoms with Gasteiger partial charge in [0.15, 0.2) is 0 Å². The molecule has 0 amide bonds. The van der Waals surface area contributed by atoms with Gasteiger partial charge in [-0.3, -0.25) is 0 Å². The van der Waals surface area contributed by atoms with Crippen molar-refractivity contribution in [1.82, 2.24) is 0 Å². The minimum Gasteiger partial charge on any atom is -0.192 e. The van der Waals surface area contributed by atoms with Crippen LogP contribution in [0.25, 0.3) is 82.0 Å². The Morgan fingerprint density at radius 1 is 0.278 bits per heavy atom. The molecular weight excluding hydrogens is 869 g/mol. The number of hydrogen-bond donors (Lipinski definition) is 0. The van der Waals surface area contributed by atoms with E-state index in [1.807, 2.05) is 48.5 Å². The van der Waals surface area contributed by atoms with E-state index in [2.05, 4.69) is 248 Å². The van der Waals surface area contributed by atoms with Crippen molar-refractivity contribution in [2.75, 3.05) is 0 Å². The number of hydrogen-bond acceptors (Lipinski definition) is 2. The molecule has 348 valence electrons. The number of benzene rings is 9. The molecule has 0 N–H and O–H groups in total. The van der Waals surface area contributed by atoms with Gasteiger partial charge in [0.2, 0.25) is 0 Å². The smallest absolute Gasteiger partial charge is 0.0991 e. The first-order valence-electron chi connectivity index (χ1n) is 24.4. The molecule has 0 atom stereocenters. The zero-order valence-corrected chi connectivity index (χ0v) is 42.0. The molecule has 9 rings (SSSR count). The Morgan fingerprint density at radius 3 is 0.986 bits per heavy atom. The van der Waals surface area contributed by atoms with Crippen molar-refractivity contribution in [2.45, 2.75) is 41.5 Å². The van der Waals surface area contributed by atoms with Crippen LogP contribution in [-0.2, 0) is 0 Å². The molecule has 2 nitrogen and oxygen atoms in total. The lowest BCUT2D eigenvalue weighted by Gasteiger charge is -2.13. The van der Waals surface area contributed by atoms with Crippen molar-refractivity contribution in [3.8, 4) is 45.5 Å². The predicted molar refractivity (Wildman–Crippen MR) is 309 cm³/mol. The van der Waals surface area contributed by atoms with E-state index >= 15 is 0 Å². The zero-order chi connectivity index (χ0) is 50.4. The number of rotatable bonds is 11. The highest BCUT2D eigenvalue weighted by Crippen LogP contribution is 2.33. The Kier molecular flexibility index (Phi) is 16.1. The van der Waals surface area contributed by atoms with Crippen LogP contribution in [0.15, 0.2) is 194 Å². The maximum absolute atomic E-state index is 9.03. The summed E-state index contributed by atoms with van der Waals surface area (Å²) in [6.07, 6.45) is 17.3. The van der Waals surface area contributed by atoms with E-state index in [4.69, 9.17) is 10.5 Å². The average Bonchev–Trinajstić information content (AvgIpc) is 3.40. The third-order valence-corrected chi connectivity index (χ3v) is 12.8. The zero-order valence-electron chi connectivity index (χ0n) is 42.0. The van der Waals surface area contributed by atoms with Crippen LogP contribution >= 0.6 is 0 Å². The Morgan fingerprint density at radius 2 is 0.611 bits per heavy atom. The fourth-order valence-corrected chi connectivity index (χ4v) is 8.58. The summed E-state index contributed by atoms with van der Waals surface area (Å²) >= 11 is 0. The van der Waals surface area contributed by atoms with E-state index in [0.29, 0.717) is 11.1 Å². The van der Waals surface area contributed by atoms with Crippen LogP contribution in [0.2, 0.25) is 0 Å². The van der Waals surface area contributed by atoms with Crippen LogP contribution in [-0.4, -0.2) is 0 Å². The van der Waals surface area contributed by atoms with Crippen LogP contribution < -0.4 is 0 Å². The van der Waals surface area contributed by atoms with Crippen LogP contribution in [0.3, 0.4) is 0 Å². The number of nitrogens with zero attached hydrogens (tertiary/aromatic N) is 2. The molecule has 72 heavy (non-hydrogen) atoms. The highest BCUT2D eigenvalue weighted by molar-refractivity contribution is 5.87. The second-order valence-electron chi connectivity index (χ2n) is 18.5. The van der Waals surface area contributed by atoms with Gasteiger partial charge in [0.05, 0.1) is 23.3 Å². The maximum Gasteiger partial charge on any atom is 0.0991 e. The van der Waals surface area contributed by atoms with Gasteiger partial charge in [-0.1, -0.05) is 229 Å². The van der Waals surface area contributed by atoms with E-state index in [9.17, 15) is 0 Å². The molecule has 0 aliphatic heterocycles. The van der Waals surface area contributed by atoms with Gasteiger partial charge in [0.1, 0.15) is 0 Å². The fraction of sp³-hybridized carbons (Fsp3) is 0.0857. The van der Waals surface area contributed by atoms with E-state index in [1.54, 1.807) is 0 Å². The van der Waals surface area contributed by atoms with Crippen molar-refractivity contribution in [1.29, 1.82) is 10.5 Å². The van der Waals surface area contributed by atoms with E-state index < -0.39 is 0 Å². The Labute approximate surface area is 427 Å². The van der Waals surface area contributed by atoms with E-state index in [0.717, 1.165) is 33.4 Å². The topological polar surface area (TPSA) is 47.6 Å². The summed E-state index contributed by atoms with van der Waals surface area (Å²) in [5.41, 5.74) is 25.4. The molecule has 0 aromatic heterocycles. The number of aryl methyl sites for hydroxylation is 6. The van der Waals surface area contributed by atoms with E-state index in [1.165, 1.54) is 77.9 Å². The SMILES string of the molecule is Cc1ccc(-c2cc(/C=C/c3ccc(C#N)cc3)c(C)cc2/C=C/c2ccc(C#N)cc2)cc1.Cc1ccc(-c2ccc(-c3cc(C=Cc4cccc(C)c4)c(C)cc3C=Cc3cccc(C)c3)cc2)cc1. The van der Waals surface area contributed by atoms with Crippen LogP contribution in [0.5, 0.6) is 0 Å². The summed E-state index contributed by atoms with van der Waals surface area (Å²) in [5, 5.41) is 18.0. The third-order valence-electron chi connectivity index (χ3n) is 12.8. The second-order valence-corrected chi connectivity index (χ2v) is 18.5. The first-order chi connectivity index (χ1) is 35.0. The summed E-state index contributed by atoms with van der Waals surface area (Å²) in [6.45, 7) is 12.8. The molecular formula is C70H58N2. The monoisotopic (exact) mass is 926 g/mol. The van der Waals surface area contributed by atoms with Gasteiger partial charge in [-0.2, -0.15) is 10.5 Å². The standard InChI is InChI=1S/C38H34.C32H24N2/c1-27-11-15-33(16-12-27)34-19-21-35(22-20-34)38-26-36(17-13-31-9-5-7-28(2)23-31)30(4)25-37(38)18-14-32-10-6-8-29(3)24-32;1-23-3-15-29(16-4-23)32-20-30(17-13-25-5-9-27(21-33)10-6-25)24(2)19-31(32)18-14-26-7-11-28(22-34)12-8-26/h5-26H,1-4H3;3-20H,1-2H3/b;17-13+,18-14+. The molecule has 9 aromatic rings. The van der Waals surface area contributed by atoms with Gasteiger partial charge >= 0.3 is 0 Å². The molecule has 0 bridgehead atoms. The summed E-state index contributed by atoms with van der Waals surface area (Å²) in [4.78, 5) is 0. The van der Waals surface area contributed by atoms with Gasteiger partial charge in [0.25, 0.3) is 0 Å². The molecule has 9 aromatic carbocycles. The molecule has 0 radical (unpaired) electrons. The quantitative estimate of drug-likeness (QED) is 0.121. The Bertz CT molecular complexity index is 3530. The molecule has 0 aliphatic carbocycles. The summed E-state index contributed by atoms with van der Waals surface area (Å²) in [5.74, 6) is 0. The van der Waals surface area contributed by atoms with Gasteiger partial charge in [0, 0.05) is 0 Å². The van der Waals surface area contributed by atoms with Gasteiger partial charge in [-0.15, -0.1) is 0 Å². The number of nitriles is 2. The normalized spacial score (nSPS) is 11.2. The van der Waals surface area contributed by atoms with E-state index in [-0.39, 0.29) is 0 Å². The molecule has 0 saturated carbocycles. The predicted octanol–water partition coefficient (Wildman–Crippen LogP) is 18.6. The minimum atomic E-state index is 0.659. The van der Waals surface area contributed by atoms with Crippen molar-refractivity contribution >= 4 is 48.6 Å². The van der Waals surface area contributed by atoms with Gasteiger partial charge in [-0.25, -0.2) is 0 Å². The molecule has 0 aliphatic rings. The lowest BCUT2D eigenvalue weighted by atomic mass is 9.92. The van der Waals surface area contributed by atoms with Crippen LogP contribution in [0.4, 0.5) is 0 Å². The Balaban J connectivity index is 0.000000194. The average molecular weight is 927 g/mol. The molecule has 0 unspecified atom stereocenters. The van der Waals surface area contributed by atoms with Crippen LogP contribution in [0, 0.1) is 64.2 Å². The van der Waals surface area contributed by atoms with Crippen molar-refractivity contribution in [2.24, 2.45) is 0 Å². The molecule has 0 fully saturated rings. The first kappa shape index (κ1) is 49.3. The first-order valence-corrected chi connectivity index (χ1v) is 24.4. The second kappa shape index (κ2) is 23.5. The third kappa shape index (κ3) is 13.2. The largest absolute Gasteiger partial charge is 0.192 e. The summed E-state index contributed by atoms with van der Waals surface area (Å²) in [7, 11) is 0. The van der Waals surface area contributed by atoms with Crippen molar-refractivity contribution < 1.29 is 0 Å². The molecule has 0 saturated heterocycles. The highest BCUT2D eigenvalue weighted by Gasteiger charge is 2.10. The molecule has 0 spiro atoms. The van der Waals surface area contributed by atoms with Gasteiger partial charge < -0.3 is 0 Å².